The Morgan fingerprint density at radius 2 is 1.52 bits per heavy atom. The van der Waals surface area contributed by atoms with Crippen molar-refractivity contribution < 1.29 is 9.53 Å². The Balaban J connectivity index is 0.00000225. The van der Waals surface area contributed by atoms with E-state index in [9.17, 15) is 4.79 Å². The van der Waals surface area contributed by atoms with Crippen molar-refractivity contribution in [2.45, 2.75) is 25.2 Å². The van der Waals surface area contributed by atoms with Crippen LogP contribution in [-0.4, -0.2) is 38.1 Å². The van der Waals surface area contributed by atoms with Crippen molar-refractivity contribution >= 4 is 18.4 Å². The molecule has 0 aromatic heterocycles. The molecule has 0 aliphatic heterocycles. The standard InChI is InChI=1S/C21H25NO2.ClH/c1-22(2)14-15-24-21(23)20-18-12-5-3-8-16(18)10-7-11-17-9-4-6-13-19(17)20;/h3-6,8-9,12-13,20H,7,10-11,14-15H2,1-2H3;1H. The van der Waals surface area contributed by atoms with Gasteiger partial charge >= 0.3 is 5.97 Å². The number of aryl methyl sites for hydroxylation is 2. The number of rotatable bonds is 4. The van der Waals surface area contributed by atoms with Gasteiger partial charge in [0.25, 0.3) is 0 Å². The second-order valence-corrected chi connectivity index (χ2v) is 6.65. The van der Waals surface area contributed by atoms with Gasteiger partial charge in [-0.2, -0.15) is 0 Å². The van der Waals surface area contributed by atoms with E-state index in [0.29, 0.717) is 6.61 Å². The first-order valence-corrected chi connectivity index (χ1v) is 8.64. The minimum absolute atomic E-state index is 0. The van der Waals surface area contributed by atoms with Crippen molar-refractivity contribution in [3.63, 3.8) is 0 Å². The summed E-state index contributed by atoms with van der Waals surface area (Å²) in [6, 6.07) is 16.6. The topological polar surface area (TPSA) is 29.5 Å². The van der Waals surface area contributed by atoms with Crippen molar-refractivity contribution in [2.24, 2.45) is 0 Å². The summed E-state index contributed by atoms with van der Waals surface area (Å²) in [5, 5.41) is 0. The highest BCUT2D eigenvalue weighted by Gasteiger charge is 2.29. The predicted octanol–water partition coefficient (Wildman–Crippen LogP) is 3.83. The van der Waals surface area contributed by atoms with Gasteiger partial charge in [0.05, 0.1) is 0 Å². The van der Waals surface area contributed by atoms with Gasteiger partial charge in [0.2, 0.25) is 0 Å². The molecule has 2 aromatic rings. The normalized spacial score (nSPS) is 13.9. The third-order valence-electron chi connectivity index (χ3n) is 4.64. The van der Waals surface area contributed by atoms with Gasteiger partial charge in [-0.15, -0.1) is 12.4 Å². The number of likely N-dealkylation sites (N-methyl/N-ethyl adjacent to an activating group) is 1. The van der Waals surface area contributed by atoms with Gasteiger partial charge in [0, 0.05) is 6.54 Å². The van der Waals surface area contributed by atoms with Crippen molar-refractivity contribution in [1.29, 1.82) is 0 Å². The average Bonchev–Trinajstić information content (AvgIpc) is 2.55. The molecule has 134 valence electrons. The van der Waals surface area contributed by atoms with Crippen LogP contribution in [0.25, 0.3) is 0 Å². The molecule has 0 atom stereocenters. The lowest BCUT2D eigenvalue weighted by molar-refractivity contribution is -0.144. The van der Waals surface area contributed by atoms with Gasteiger partial charge in [0.1, 0.15) is 12.5 Å². The van der Waals surface area contributed by atoms with Crippen LogP contribution in [0.15, 0.2) is 48.5 Å². The molecule has 0 fully saturated rings. The molecule has 0 heterocycles. The van der Waals surface area contributed by atoms with E-state index in [2.05, 4.69) is 36.4 Å². The smallest absolute Gasteiger partial charge is 0.317 e. The molecular weight excluding hydrogens is 334 g/mol. The number of carbonyl (C=O) groups is 1. The number of fused-ring (bicyclic) bond motifs is 2. The van der Waals surface area contributed by atoms with E-state index in [1.807, 2.05) is 31.1 Å². The number of halogens is 1. The lowest BCUT2D eigenvalue weighted by atomic mass is 9.81. The summed E-state index contributed by atoms with van der Waals surface area (Å²) < 4.78 is 5.62. The lowest BCUT2D eigenvalue weighted by Gasteiger charge is -2.25. The van der Waals surface area contributed by atoms with E-state index in [1.54, 1.807) is 0 Å². The fraction of sp³-hybridized carbons (Fsp3) is 0.381. The van der Waals surface area contributed by atoms with E-state index in [0.717, 1.165) is 36.9 Å². The molecule has 0 saturated heterocycles. The van der Waals surface area contributed by atoms with Gasteiger partial charge in [0.15, 0.2) is 0 Å². The van der Waals surface area contributed by atoms with E-state index in [-0.39, 0.29) is 24.3 Å². The zero-order valence-electron chi connectivity index (χ0n) is 14.9. The fourth-order valence-electron chi connectivity index (χ4n) is 3.39. The zero-order valence-corrected chi connectivity index (χ0v) is 15.7. The molecule has 1 aliphatic rings. The number of nitrogens with zero attached hydrogens (tertiary/aromatic N) is 1. The van der Waals surface area contributed by atoms with Gasteiger partial charge < -0.3 is 9.64 Å². The number of hydrogen-bond acceptors (Lipinski definition) is 3. The first-order chi connectivity index (χ1) is 11.7. The Bertz CT molecular complexity index is 667. The van der Waals surface area contributed by atoms with Crippen LogP contribution in [0.4, 0.5) is 0 Å². The van der Waals surface area contributed by atoms with Crippen molar-refractivity contribution in [1.82, 2.24) is 4.90 Å². The van der Waals surface area contributed by atoms with Crippen LogP contribution >= 0.6 is 12.4 Å². The molecule has 0 spiro atoms. The lowest BCUT2D eigenvalue weighted by Crippen LogP contribution is -2.25. The number of esters is 1. The van der Waals surface area contributed by atoms with Crippen LogP contribution in [-0.2, 0) is 22.4 Å². The van der Waals surface area contributed by atoms with Crippen molar-refractivity contribution in [2.75, 3.05) is 27.2 Å². The first-order valence-electron chi connectivity index (χ1n) is 8.64. The number of ether oxygens (including phenoxy) is 1. The molecular formula is C21H26ClNO2. The largest absolute Gasteiger partial charge is 0.464 e. The van der Waals surface area contributed by atoms with E-state index < -0.39 is 0 Å². The van der Waals surface area contributed by atoms with Gasteiger partial charge in [-0.25, -0.2) is 0 Å². The van der Waals surface area contributed by atoms with E-state index in [4.69, 9.17) is 4.74 Å². The van der Waals surface area contributed by atoms with Gasteiger partial charge in [-0.05, 0) is 55.6 Å². The molecule has 0 bridgehead atoms. The number of hydrogen-bond donors (Lipinski definition) is 0. The summed E-state index contributed by atoms with van der Waals surface area (Å²) >= 11 is 0. The monoisotopic (exact) mass is 359 g/mol. The van der Waals surface area contributed by atoms with Crippen LogP contribution < -0.4 is 0 Å². The summed E-state index contributed by atoms with van der Waals surface area (Å²) in [4.78, 5) is 15.0. The molecule has 25 heavy (non-hydrogen) atoms. The predicted molar refractivity (Wildman–Crippen MR) is 104 cm³/mol. The van der Waals surface area contributed by atoms with Crippen LogP contribution in [0.5, 0.6) is 0 Å². The maximum atomic E-state index is 12.9. The maximum Gasteiger partial charge on any atom is 0.317 e. The minimum Gasteiger partial charge on any atom is -0.464 e. The highest BCUT2D eigenvalue weighted by molar-refractivity contribution is 5.85. The SMILES string of the molecule is CN(C)CCOC(=O)C1c2ccccc2CCCc2ccccc21.Cl. The Hall–Kier alpha value is -1.84. The van der Waals surface area contributed by atoms with Gasteiger partial charge in [-0.3, -0.25) is 4.79 Å². The quantitative estimate of drug-likeness (QED) is 0.777. The minimum atomic E-state index is -0.320. The molecule has 4 heteroatoms. The molecule has 2 aromatic carbocycles. The van der Waals surface area contributed by atoms with Crippen molar-refractivity contribution in [3.8, 4) is 0 Å². The average molecular weight is 360 g/mol. The molecule has 0 unspecified atom stereocenters. The van der Waals surface area contributed by atoms with Gasteiger partial charge in [-0.1, -0.05) is 48.5 Å². The van der Waals surface area contributed by atoms with Crippen LogP contribution in [0.2, 0.25) is 0 Å². The van der Waals surface area contributed by atoms with E-state index >= 15 is 0 Å². The van der Waals surface area contributed by atoms with Crippen LogP contribution in [0, 0.1) is 0 Å². The zero-order chi connectivity index (χ0) is 16.9. The first kappa shape index (κ1) is 19.5. The molecule has 3 nitrogen and oxygen atoms in total. The Morgan fingerprint density at radius 3 is 2.04 bits per heavy atom. The molecule has 0 saturated carbocycles. The molecule has 0 radical (unpaired) electrons. The Labute approximate surface area is 156 Å². The third kappa shape index (κ3) is 4.62. The molecule has 1 aliphatic carbocycles. The summed E-state index contributed by atoms with van der Waals surface area (Å²) in [6.07, 6.45) is 3.12. The maximum absolute atomic E-state index is 12.9. The Kier molecular flexibility index (Phi) is 7.03. The van der Waals surface area contributed by atoms with Crippen LogP contribution in [0.1, 0.15) is 34.6 Å². The number of benzene rings is 2. The second kappa shape index (κ2) is 9.02. The Morgan fingerprint density at radius 1 is 1.00 bits per heavy atom. The molecule has 0 N–H and O–H groups in total. The number of carbonyl (C=O) groups excluding carboxylic acids is 1. The highest BCUT2D eigenvalue weighted by atomic mass is 35.5. The van der Waals surface area contributed by atoms with Crippen molar-refractivity contribution in [3.05, 3.63) is 70.8 Å². The van der Waals surface area contributed by atoms with Crippen LogP contribution in [0.3, 0.4) is 0 Å². The summed E-state index contributed by atoms with van der Waals surface area (Å²) in [5.41, 5.74) is 4.72. The second-order valence-electron chi connectivity index (χ2n) is 6.65. The molecule has 3 rings (SSSR count). The highest BCUT2D eigenvalue weighted by Crippen LogP contribution is 2.34. The fourth-order valence-corrected chi connectivity index (χ4v) is 3.39. The molecule has 0 amide bonds. The summed E-state index contributed by atoms with van der Waals surface area (Å²) in [6.45, 7) is 1.16. The summed E-state index contributed by atoms with van der Waals surface area (Å²) in [5.74, 6) is -0.460. The van der Waals surface area contributed by atoms with E-state index in [1.165, 1.54) is 11.1 Å². The third-order valence-corrected chi connectivity index (χ3v) is 4.64. The summed E-state index contributed by atoms with van der Waals surface area (Å²) in [7, 11) is 3.96.